The van der Waals surface area contributed by atoms with Crippen molar-refractivity contribution < 1.29 is 4.42 Å². The molecule has 9 aromatic rings. The van der Waals surface area contributed by atoms with Crippen molar-refractivity contribution in [3.63, 3.8) is 0 Å². The standard InChI is InChI=1S/C43H28N4O/c1-2-13-29(14-3-1)46-35-18-8-6-15-30(35)33-24-28(21-22-37(33)46)41-44-42(40-32-16-7-9-20-39(32)48-43(40)45-41)47-36-19-10-17-31(36)34-23-26-11-4-5-12-27(26)25-38(34)47/h1-16,18-25,42H,17H2,(H,44,45). The molecule has 0 bridgehead atoms. The first kappa shape index (κ1) is 25.8. The molecule has 1 N–H and O–H groups in total. The van der Waals surface area contributed by atoms with Gasteiger partial charge in [0.15, 0.2) is 0 Å². The van der Waals surface area contributed by atoms with E-state index >= 15 is 0 Å². The molecule has 5 heteroatoms. The van der Waals surface area contributed by atoms with Gasteiger partial charge in [-0.2, -0.15) is 4.99 Å². The van der Waals surface area contributed by atoms with E-state index in [-0.39, 0.29) is 6.17 Å². The van der Waals surface area contributed by atoms with Gasteiger partial charge in [0.1, 0.15) is 17.6 Å². The zero-order chi connectivity index (χ0) is 31.3. The third kappa shape index (κ3) is 3.53. The maximum absolute atomic E-state index is 6.53. The second-order valence-corrected chi connectivity index (χ2v) is 12.8. The van der Waals surface area contributed by atoms with Crippen LogP contribution in [-0.4, -0.2) is 15.0 Å². The first-order valence-electron chi connectivity index (χ1n) is 16.5. The van der Waals surface area contributed by atoms with Crippen LogP contribution in [0.3, 0.4) is 0 Å². The Bertz CT molecular complexity index is 2850. The maximum atomic E-state index is 6.53. The second kappa shape index (κ2) is 9.60. The predicted molar refractivity (Wildman–Crippen MR) is 197 cm³/mol. The molecule has 5 nitrogen and oxygen atoms in total. The number of aromatic nitrogens is 2. The van der Waals surface area contributed by atoms with Crippen LogP contribution in [0.4, 0.5) is 5.88 Å². The van der Waals surface area contributed by atoms with Gasteiger partial charge in [-0.05, 0) is 83.4 Å². The number of aliphatic imine (C=N–C) groups is 1. The molecule has 0 saturated carbocycles. The molecule has 0 radical (unpaired) electrons. The molecule has 1 atom stereocenters. The summed E-state index contributed by atoms with van der Waals surface area (Å²) in [5.41, 5.74) is 10.2. The number of furan rings is 1. The van der Waals surface area contributed by atoms with Crippen LogP contribution in [0.25, 0.3) is 66.2 Å². The van der Waals surface area contributed by atoms with E-state index in [2.05, 4.69) is 148 Å². The van der Waals surface area contributed by atoms with Gasteiger partial charge in [0, 0.05) is 38.5 Å². The van der Waals surface area contributed by atoms with Crippen LogP contribution in [0.15, 0.2) is 149 Å². The Morgan fingerprint density at radius 3 is 2.29 bits per heavy atom. The third-order valence-electron chi connectivity index (χ3n) is 10.2. The van der Waals surface area contributed by atoms with Crippen molar-refractivity contribution in [1.29, 1.82) is 0 Å². The highest BCUT2D eigenvalue weighted by Crippen LogP contribution is 2.45. The van der Waals surface area contributed by atoms with Crippen molar-refractivity contribution in [3.05, 3.63) is 162 Å². The Hall–Kier alpha value is -6.33. The van der Waals surface area contributed by atoms with E-state index in [0.29, 0.717) is 5.88 Å². The minimum absolute atomic E-state index is 0.229. The maximum Gasteiger partial charge on any atom is 0.229 e. The van der Waals surface area contributed by atoms with E-state index in [1.54, 1.807) is 0 Å². The summed E-state index contributed by atoms with van der Waals surface area (Å²) in [5, 5.41) is 11.2. The Kier molecular flexibility index (Phi) is 5.16. The van der Waals surface area contributed by atoms with Gasteiger partial charge in [-0.15, -0.1) is 0 Å². The van der Waals surface area contributed by atoms with Crippen LogP contribution in [0.5, 0.6) is 0 Å². The average molecular weight is 617 g/mol. The topological polar surface area (TPSA) is 47.4 Å². The number of amidine groups is 1. The number of hydrogen-bond acceptors (Lipinski definition) is 3. The number of nitrogens with zero attached hydrogens (tertiary/aromatic N) is 3. The molecule has 3 aromatic heterocycles. The summed E-state index contributed by atoms with van der Waals surface area (Å²) in [6, 6.07) is 47.5. The molecule has 0 spiro atoms. The van der Waals surface area contributed by atoms with Crippen molar-refractivity contribution in [1.82, 2.24) is 14.5 Å². The van der Waals surface area contributed by atoms with Crippen molar-refractivity contribution in [2.24, 2.45) is 4.99 Å². The number of fused-ring (bicyclic) bond motifs is 10. The first-order valence-corrected chi connectivity index (χ1v) is 16.5. The van der Waals surface area contributed by atoms with Gasteiger partial charge in [0.2, 0.25) is 5.88 Å². The van der Waals surface area contributed by atoms with E-state index in [4.69, 9.17) is 9.41 Å². The predicted octanol–water partition coefficient (Wildman–Crippen LogP) is 10.4. The van der Waals surface area contributed by atoms with Crippen molar-refractivity contribution in [3.8, 4) is 5.69 Å². The van der Waals surface area contributed by atoms with Gasteiger partial charge in [-0.25, -0.2) is 0 Å². The molecule has 0 saturated heterocycles. The van der Waals surface area contributed by atoms with Crippen molar-refractivity contribution in [2.75, 3.05) is 0 Å². The van der Waals surface area contributed by atoms with Crippen LogP contribution < -0.4 is 5.32 Å². The van der Waals surface area contributed by atoms with Crippen LogP contribution in [-0.2, 0) is 6.42 Å². The van der Waals surface area contributed by atoms with E-state index in [1.807, 2.05) is 12.1 Å². The van der Waals surface area contributed by atoms with Gasteiger partial charge in [-0.1, -0.05) is 84.9 Å². The number of nitrogens with one attached hydrogen (secondary N) is 1. The Labute approximate surface area is 275 Å². The van der Waals surface area contributed by atoms with E-state index in [9.17, 15) is 0 Å². The molecule has 0 amide bonds. The molecule has 226 valence electrons. The van der Waals surface area contributed by atoms with E-state index < -0.39 is 0 Å². The quantitative estimate of drug-likeness (QED) is 0.215. The molecular formula is C43H28N4O. The number of allylic oxidation sites excluding steroid dienone is 1. The van der Waals surface area contributed by atoms with Crippen molar-refractivity contribution >= 4 is 72.2 Å². The summed E-state index contributed by atoms with van der Waals surface area (Å²) >= 11 is 0. The van der Waals surface area contributed by atoms with Crippen LogP contribution in [0, 0.1) is 0 Å². The highest BCUT2D eigenvalue weighted by molar-refractivity contribution is 6.13. The molecule has 1 aliphatic carbocycles. The largest absolute Gasteiger partial charge is 0.438 e. The van der Waals surface area contributed by atoms with Gasteiger partial charge in [0.25, 0.3) is 0 Å². The highest BCUT2D eigenvalue weighted by Gasteiger charge is 2.33. The Morgan fingerprint density at radius 2 is 1.40 bits per heavy atom. The molecule has 6 aromatic carbocycles. The second-order valence-electron chi connectivity index (χ2n) is 12.8. The summed E-state index contributed by atoms with van der Waals surface area (Å²) in [6.07, 6.45) is 5.25. The lowest BCUT2D eigenvalue weighted by atomic mass is 10.0. The smallest absolute Gasteiger partial charge is 0.229 e. The SMILES string of the molecule is C1=Cc2c(c3cc4ccccc4cc3n2C2NC(c3ccc4c(c3)c3ccccc3n4-c3ccccc3)=Nc3oc4ccccc4c32)C1. The normalized spacial score (nSPS) is 15.4. The number of rotatable bonds is 3. The van der Waals surface area contributed by atoms with E-state index in [0.717, 1.165) is 45.6 Å². The summed E-state index contributed by atoms with van der Waals surface area (Å²) in [7, 11) is 0. The number of para-hydroxylation sites is 3. The number of hydrogen-bond donors (Lipinski definition) is 1. The lowest BCUT2D eigenvalue weighted by molar-refractivity contribution is 0.537. The Balaban J connectivity index is 1.15. The minimum Gasteiger partial charge on any atom is -0.438 e. The third-order valence-corrected chi connectivity index (χ3v) is 10.2. The molecule has 1 unspecified atom stereocenters. The summed E-state index contributed by atoms with van der Waals surface area (Å²) in [5.74, 6) is 1.45. The fraction of sp³-hybridized carbons (Fsp3) is 0.0465. The lowest BCUT2D eigenvalue weighted by Gasteiger charge is -2.28. The molecule has 2 aliphatic rings. The van der Waals surface area contributed by atoms with Gasteiger partial charge in [-0.3, -0.25) is 0 Å². The summed E-state index contributed by atoms with van der Waals surface area (Å²) in [4.78, 5) is 5.19. The fourth-order valence-electron chi connectivity index (χ4n) is 8.10. The average Bonchev–Trinajstić information content (AvgIpc) is 3.90. The fourth-order valence-corrected chi connectivity index (χ4v) is 8.10. The Morgan fingerprint density at radius 1 is 0.646 bits per heavy atom. The monoisotopic (exact) mass is 616 g/mol. The summed E-state index contributed by atoms with van der Waals surface area (Å²) in [6.45, 7) is 0. The van der Waals surface area contributed by atoms with E-state index in [1.165, 1.54) is 49.2 Å². The van der Waals surface area contributed by atoms with Gasteiger partial charge >= 0.3 is 0 Å². The van der Waals surface area contributed by atoms with Crippen molar-refractivity contribution in [2.45, 2.75) is 12.6 Å². The van der Waals surface area contributed by atoms with Crippen LogP contribution >= 0.6 is 0 Å². The van der Waals surface area contributed by atoms with Gasteiger partial charge < -0.3 is 18.9 Å². The zero-order valence-corrected chi connectivity index (χ0v) is 25.9. The number of benzene rings is 6. The summed E-state index contributed by atoms with van der Waals surface area (Å²) < 4.78 is 11.3. The highest BCUT2D eigenvalue weighted by atomic mass is 16.3. The first-order chi connectivity index (χ1) is 23.8. The van der Waals surface area contributed by atoms with Gasteiger partial charge in [0.05, 0.1) is 22.1 Å². The van der Waals surface area contributed by atoms with Crippen LogP contribution in [0.2, 0.25) is 0 Å². The molecule has 1 aliphatic heterocycles. The molecular weight excluding hydrogens is 589 g/mol. The molecule has 0 fully saturated rings. The lowest BCUT2D eigenvalue weighted by Crippen LogP contribution is -2.36. The zero-order valence-electron chi connectivity index (χ0n) is 25.9. The molecule has 11 rings (SSSR count). The van der Waals surface area contributed by atoms with Crippen LogP contribution in [0.1, 0.15) is 28.6 Å². The minimum atomic E-state index is -0.229. The molecule has 4 heterocycles. The molecule has 48 heavy (non-hydrogen) atoms.